The summed E-state index contributed by atoms with van der Waals surface area (Å²) in [6, 6.07) is 10.1. The average Bonchev–Trinajstić information content (AvgIpc) is 3.24. The van der Waals surface area contributed by atoms with E-state index in [0.717, 1.165) is 33.5 Å². The molecule has 0 saturated carbocycles. The van der Waals surface area contributed by atoms with Crippen molar-refractivity contribution in [1.29, 1.82) is 0 Å². The van der Waals surface area contributed by atoms with Crippen molar-refractivity contribution in [2.24, 2.45) is 0 Å². The Balaban J connectivity index is 1.60. The predicted octanol–water partition coefficient (Wildman–Crippen LogP) is 4.81. The number of ether oxygens (including phenoxy) is 1. The molecule has 0 aliphatic carbocycles. The normalized spacial score (nSPS) is 12.4. The second-order valence-electron chi connectivity index (χ2n) is 7.44. The highest BCUT2D eigenvalue weighted by Gasteiger charge is 2.17. The maximum Gasteiger partial charge on any atom is 0.291 e. The summed E-state index contributed by atoms with van der Waals surface area (Å²) in [5, 5.41) is 8.85. The Morgan fingerprint density at radius 2 is 2.17 bits per heavy atom. The van der Waals surface area contributed by atoms with Crippen molar-refractivity contribution in [1.82, 2.24) is 14.3 Å². The number of aryl methyl sites for hydroxylation is 2. The van der Waals surface area contributed by atoms with Gasteiger partial charge in [0.15, 0.2) is 0 Å². The van der Waals surface area contributed by atoms with E-state index in [1.54, 1.807) is 23.1 Å². The fraction of sp³-hybridized carbons (Fsp3) is 0.304. The minimum atomic E-state index is -0.0557. The highest BCUT2D eigenvalue weighted by molar-refractivity contribution is 7.20. The smallest absolute Gasteiger partial charge is 0.291 e. The molecule has 0 aliphatic rings. The van der Waals surface area contributed by atoms with E-state index in [9.17, 15) is 4.79 Å². The standard InChI is InChI=1S/C23H26N4O2S/c1-5-11-26-19-13-16(3)30-22(19)17-14-24-27(23(28)21(17)26)12-10-15(2)25-18-8-6-7-9-20(18)29-4/h5-9,13-15,25H,1,10-12H2,2-4H3. The van der Waals surface area contributed by atoms with Crippen molar-refractivity contribution in [2.45, 2.75) is 39.4 Å². The van der Waals surface area contributed by atoms with Crippen molar-refractivity contribution < 1.29 is 4.74 Å². The monoisotopic (exact) mass is 422 g/mol. The van der Waals surface area contributed by atoms with E-state index in [0.29, 0.717) is 18.6 Å². The highest BCUT2D eigenvalue weighted by atomic mass is 32.1. The zero-order valence-corrected chi connectivity index (χ0v) is 18.3. The molecular formula is C23H26N4O2S. The lowest BCUT2D eigenvalue weighted by Crippen LogP contribution is -2.27. The second-order valence-corrected chi connectivity index (χ2v) is 8.70. The largest absolute Gasteiger partial charge is 0.495 e. The third kappa shape index (κ3) is 3.61. The molecule has 0 bridgehead atoms. The lowest BCUT2D eigenvalue weighted by Gasteiger charge is -2.17. The van der Waals surface area contributed by atoms with Crippen molar-refractivity contribution in [3.63, 3.8) is 0 Å². The number of benzene rings is 1. The molecule has 4 rings (SSSR count). The first kappa shape index (κ1) is 20.2. The number of hydrogen-bond acceptors (Lipinski definition) is 5. The summed E-state index contributed by atoms with van der Waals surface area (Å²) in [5.74, 6) is 0.804. The van der Waals surface area contributed by atoms with Crippen LogP contribution in [0, 0.1) is 6.92 Å². The summed E-state index contributed by atoms with van der Waals surface area (Å²) < 4.78 is 10.1. The summed E-state index contributed by atoms with van der Waals surface area (Å²) in [5.41, 5.74) is 2.67. The molecule has 1 atom stereocenters. The van der Waals surface area contributed by atoms with Gasteiger partial charge in [-0.1, -0.05) is 18.2 Å². The van der Waals surface area contributed by atoms with Gasteiger partial charge in [0.05, 0.1) is 29.2 Å². The van der Waals surface area contributed by atoms with Crippen molar-refractivity contribution in [2.75, 3.05) is 12.4 Å². The number of nitrogens with zero attached hydrogens (tertiary/aromatic N) is 3. The Hall–Kier alpha value is -3.06. The summed E-state index contributed by atoms with van der Waals surface area (Å²) in [6.45, 7) is 9.17. The van der Waals surface area contributed by atoms with Gasteiger partial charge >= 0.3 is 0 Å². The Morgan fingerprint density at radius 3 is 2.93 bits per heavy atom. The van der Waals surface area contributed by atoms with Crippen LogP contribution in [0.2, 0.25) is 0 Å². The molecule has 0 amide bonds. The molecule has 3 heterocycles. The lowest BCUT2D eigenvalue weighted by atomic mass is 10.2. The Morgan fingerprint density at radius 1 is 1.37 bits per heavy atom. The van der Waals surface area contributed by atoms with Gasteiger partial charge < -0.3 is 14.6 Å². The fourth-order valence-corrected chi connectivity index (χ4v) is 4.84. The van der Waals surface area contributed by atoms with Crippen LogP contribution in [0.4, 0.5) is 5.69 Å². The number of hydrogen-bond donors (Lipinski definition) is 1. The highest BCUT2D eigenvalue weighted by Crippen LogP contribution is 2.33. The molecule has 0 spiro atoms. The summed E-state index contributed by atoms with van der Waals surface area (Å²) >= 11 is 1.70. The number of allylic oxidation sites excluding steroid dienone is 1. The van der Waals surface area contributed by atoms with Gasteiger partial charge in [0.2, 0.25) is 0 Å². The third-order valence-corrected chi connectivity index (χ3v) is 6.33. The van der Waals surface area contributed by atoms with Gasteiger partial charge in [-0.15, -0.1) is 17.9 Å². The molecule has 1 unspecified atom stereocenters. The van der Waals surface area contributed by atoms with E-state index >= 15 is 0 Å². The first-order chi connectivity index (χ1) is 14.5. The molecule has 1 N–H and O–H groups in total. The van der Waals surface area contributed by atoms with Crippen LogP contribution in [-0.2, 0) is 13.1 Å². The SMILES string of the molecule is C=CCn1c2cc(C)sc2c2cnn(CCC(C)Nc3ccccc3OC)c(=O)c21. The molecule has 0 aliphatic heterocycles. The zero-order chi connectivity index (χ0) is 21.3. The van der Waals surface area contributed by atoms with E-state index < -0.39 is 0 Å². The van der Waals surface area contributed by atoms with Gasteiger partial charge in [-0.2, -0.15) is 5.10 Å². The quantitative estimate of drug-likeness (QED) is 0.414. The third-order valence-electron chi connectivity index (χ3n) is 5.25. The van der Waals surface area contributed by atoms with E-state index in [1.165, 1.54) is 4.88 Å². The molecule has 7 heteroatoms. The lowest BCUT2D eigenvalue weighted by molar-refractivity contribution is 0.415. The molecule has 3 aromatic heterocycles. The minimum absolute atomic E-state index is 0.0557. The predicted molar refractivity (Wildman–Crippen MR) is 125 cm³/mol. The molecule has 4 aromatic rings. The van der Waals surface area contributed by atoms with Gasteiger partial charge in [-0.25, -0.2) is 4.68 Å². The molecule has 30 heavy (non-hydrogen) atoms. The van der Waals surface area contributed by atoms with Gasteiger partial charge in [-0.3, -0.25) is 4.79 Å². The Bertz CT molecular complexity index is 1270. The molecule has 0 saturated heterocycles. The number of rotatable bonds is 8. The summed E-state index contributed by atoms with van der Waals surface area (Å²) in [4.78, 5) is 14.5. The fourth-order valence-electron chi connectivity index (χ4n) is 3.82. The van der Waals surface area contributed by atoms with Crippen LogP contribution in [-0.4, -0.2) is 27.5 Å². The van der Waals surface area contributed by atoms with Gasteiger partial charge in [0, 0.05) is 29.4 Å². The van der Waals surface area contributed by atoms with Crippen LogP contribution in [0.5, 0.6) is 5.75 Å². The van der Waals surface area contributed by atoms with Crippen LogP contribution in [0.25, 0.3) is 21.1 Å². The van der Waals surface area contributed by atoms with E-state index in [1.807, 2.05) is 36.5 Å². The van der Waals surface area contributed by atoms with Crippen LogP contribution >= 0.6 is 11.3 Å². The van der Waals surface area contributed by atoms with Crippen LogP contribution in [0.1, 0.15) is 18.2 Å². The van der Waals surface area contributed by atoms with Crippen molar-refractivity contribution >= 4 is 38.1 Å². The Labute approximate surface area is 179 Å². The molecule has 6 nitrogen and oxygen atoms in total. The summed E-state index contributed by atoms with van der Waals surface area (Å²) in [7, 11) is 1.66. The number of anilines is 1. The van der Waals surface area contributed by atoms with Crippen LogP contribution in [0.15, 0.2) is 54.0 Å². The first-order valence-electron chi connectivity index (χ1n) is 10.0. The molecule has 0 radical (unpaired) electrons. The number of methoxy groups -OCH3 is 1. The van der Waals surface area contributed by atoms with E-state index in [-0.39, 0.29) is 11.6 Å². The van der Waals surface area contributed by atoms with Gasteiger partial charge in [-0.05, 0) is 38.5 Å². The topological polar surface area (TPSA) is 61.1 Å². The Kier molecular flexibility index (Phi) is 5.63. The van der Waals surface area contributed by atoms with E-state index in [4.69, 9.17) is 4.74 Å². The number of para-hydroxylation sites is 2. The molecule has 1 aromatic carbocycles. The van der Waals surface area contributed by atoms with Gasteiger partial charge in [0.25, 0.3) is 5.56 Å². The van der Waals surface area contributed by atoms with Crippen molar-refractivity contribution in [3.05, 3.63) is 64.4 Å². The second kappa shape index (κ2) is 8.36. The van der Waals surface area contributed by atoms with Crippen LogP contribution in [0.3, 0.4) is 0 Å². The maximum atomic E-state index is 13.3. The average molecular weight is 423 g/mol. The molecule has 156 valence electrons. The van der Waals surface area contributed by atoms with Gasteiger partial charge in [0.1, 0.15) is 11.3 Å². The summed E-state index contributed by atoms with van der Waals surface area (Å²) in [6.07, 6.45) is 4.41. The maximum absolute atomic E-state index is 13.3. The first-order valence-corrected chi connectivity index (χ1v) is 10.8. The van der Waals surface area contributed by atoms with Crippen molar-refractivity contribution in [3.8, 4) is 5.75 Å². The minimum Gasteiger partial charge on any atom is -0.495 e. The molecule has 0 fully saturated rings. The number of thiophene rings is 1. The number of nitrogens with one attached hydrogen (secondary N) is 1. The van der Waals surface area contributed by atoms with Crippen LogP contribution < -0.4 is 15.6 Å². The zero-order valence-electron chi connectivity index (χ0n) is 17.5. The van der Waals surface area contributed by atoms with E-state index in [2.05, 4.69) is 41.5 Å². The molecular weight excluding hydrogens is 396 g/mol. The number of fused-ring (bicyclic) bond motifs is 3. The number of aromatic nitrogens is 3.